The average molecular weight is 304 g/mol. The lowest BCUT2D eigenvalue weighted by molar-refractivity contribution is -0.130. The molecule has 106 valence electrons. The lowest BCUT2D eigenvalue weighted by atomic mass is 10.2. The minimum absolute atomic E-state index is 0.273. The third kappa shape index (κ3) is 4.84. The molecule has 0 fully saturated rings. The maximum absolute atomic E-state index is 12.2. The van der Waals surface area contributed by atoms with E-state index in [1.165, 1.54) is 11.8 Å². The molecule has 0 spiro atoms. The Labute approximate surface area is 119 Å². The van der Waals surface area contributed by atoms with Gasteiger partial charge in [0, 0.05) is 25.2 Å². The highest BCUT2D eigenvalue weighted by molar-refractivity contribution is 7.92. The van der Waals surface area contributed by atoms with Gasteiger partial charge >= 0.3 is 0 Å². The van der Waals surface area contributed by atoms with Crippen LogP contribution in [0.1, 0.15) is 12.5 Å². The van der Waals surface area contributed by atoms with Gasteiger partial charge in [-0.3, -0.25) is 4.79 Å². The van der Waals surface area contributed by atoms with Crippen molar-refractivity contribution in [3.05, 3.63) is 35.9 Å². The van der Waals surface area contributed by atoms with E-state index < -0.39 is 21.0 Å². The third-order valence-electron chi connectivity index (χ3n) is 2.87. The molecule has 0 saturated carbocycles. The van der Waals surface area contributed by atoms with Gasteiger partial charge in [0.15, 0.2) is 9.84 Å². The summed E-state index contributed by atoms with van der Waals surface area (Å²) in [6.45, 7) is 2.10. The quantitative estimate of drug-likeness (QED) is 0.752. The second-order valence-electron chi connectivity index (χ2n) is 4.41. The number of halogens is 1. The van der Waals surface area contributed by atoms with Crippen LogP contribution in [0.2, 0.25) is 0 Å². The van der Waals surface area contributed by atoms with E-state index in [2.05, 4.69) is 0 Å². The standard InChI is InChI=1S/C13H18ClNO3S/c1-11(19(2,17)18)13(16)15(9-8-14)10-12-6-4-3-5-7-12/h3-7,11H,8-10H2,1-2H3. The topological polar surface area (TPSA) is 54.5 Å². The largest absolute Gasteiger partial charge is 0.336 e. The number of sulfone groups is 1. The minimum atomic E-state index is -3.39. The molecule has 1 aromatic carbocycles. The molecule has 0 saturated heterocycles. The molecule has 1 unspecified atom stereocenters. The number of alkyl halides is 1. The van der Waals surface area contributed by atoms with E-state index in [0.29, 0.717) is 13.1 Å². The summed E-state index contributed by atoms with van der Waals surface area (Å²) in [5.41, 5.74) is 0.946. The Morgan fingerprint density at radius 2 is 1.89 bits per heavy atom. The Balaban J connectivity index is 2.86. The number of rotatable bonds is 6. The SMILES string of the molecule is CC(C(=O)N(CCCl)Cc1ccccc1)S(C)(=O)=O. The second-order valence-corrected chi connectivity index (χ2v) is 7.15. The molecule has 0 radical (unpaired) electrons. The highest BCUT2D eigenvalue weighted by atomic mass is 35.5. The van der Waals surface area contributed by atoms with Crippen molar-refractivity contribution in [2.45, 2.75) is 18.7 Å². The molecule has 4 nitrogen and oxygen atoms in total. The summed E-state index contributed by atoms with van der Waals surface area (Å²) < 4.78 is 22.9. The molecule has 19 heavy (non-hydrogen) atoms. The maximum Gasteiger partial charge on any atom is 0.240 e. The lowest BCUT2D eigenvalue weighted by Crippen LogP contribution is -2.41. The fourth-order valence-electron chi connectivity index (χ4n) is 1.61. The van der Waals surface area contributed by atoms with E-state index in [1.54, 1.807) is 0 Å². The van der Waals surface area contributed by atoms with E-state index in [0.717, 1.165) is 11.8 Å². The molecular formula is C13H18ClNO3S. The summed E-state index contributed by atoms with van der Waals surface area (Å²) in [5.74, 6) is -0.137. The zero-order valence-corrected chi connectivity index (χ0v) is 12.6. The Hall–Kier alpha value is -1.07. The lowest BCUT2D eigenvalue weighted by Gasteiger charge is -2.24. The Kier molecular flexibility index (Phi) is 5.82. The fraction of sp³-hybridized carbons (Fsp3) is 0.462. The van der Waals surface area contributed by atoms with E-state index in [1.807, 2.05) is 30.3 Å². The predicted octanol–water partition coefficient (Wildman–Crippen LogP) is 1.69. The number of hydrogen-bond donors (Lipinski definition) is 0. The zero-order valence-electron chi connectivity index (χ0n) is 11.0. The third-order valence-corrected chi connectivity index (χ3v) is 4.53. The van der Waals surface area contributed by atoms with Gasteiger partial charge in [0.1, 0.15) is 5.25 Å². The molecule has 0 aliphatic heterocycles. The van der Waals surface area contributed by atoms with Crippen LogP contribution in [0.25, 0.3) is 0 Å². The first-order valence-corrected chi connectivity index (χ1v) is 8.42. The molecule has 0 aliphatic rings. The molecule has 0 aromatic heterocycles. The average Bonchev–Trinajstić information content (AvgIpc) is 2.36. The smallest absolute Gasteiger partial charge is 0.240 e. The number of nitrogens with zero attached hydrogens (tertiary/aromatic N) is 1. The van der Waals surface area contributed by atoms with Crippen molar-refractivity contribution in [2.75, 3.05) is 18.7 Å². The van der Waals surface area contributed by atoms with Crippen LogP contribution < -0.4 is 0 Å². The molecule has 0 N–H and O–H groups in total. The first-order chi connectivity index (χ1) is 8.86. The second kappa shape index (κ2) is 6.91. The maximum atomic E-state index is 12.2. The predicted molar refractivity (Wildman–Crippen MR) is 76.9 cm³/mol. The number of amides is 1. The molecule has 1 rings (SSSR count). The first-order valence-electron chi connectivity index (χ1n) is 5.93. The normalized spacial score (nSPS) is 13.0. The van der Waals surface area contributed by atoms with E-state index in [4.69, 9.17) is 11.6 Å². The van der Waals surface area contributed by atoms with Crippen molar-refractivity contribution < 1.29 is 13.2 Å². The highest BCUT2D eigenvalue weighted by Gasteiger charge is 2.28. The van der Waals surface area contributed by atoms with Crippen LogP contribution in [0.5, 0.6) is 0 Å². The Morgan fingerprint density at radius 1 is 1.32 bits per heavy atom. The molecule has 6 heteroatoms. The van der Waals surface area contributed by atoms with E-state index in [-0.39, 0.29) is 5.88 Å². The molecule has 1 atom stereocenters. The first kappa shape index (κ1) is 16.0. The van der Waals surface area contributed by atoms with Crippen molar-refractivity contribution in [3.8, 4) is 0 Å². The Bertz CT molecular complexity index is 516. The van der Waals surface area contributed by atoms with Crippen molar-refractivity contribution in [1.82, 2.24) is 4.90 Å². The fourth-order valence-corrected chi connectivity index (χ4v) is 2.33. The van der Waals surface area contributed by atoms with Gasteiger partial charge in [-0.2, -0.15) is 0 Å². The highest BCUT2D eigenvalue weighted by Crippen LogP contribution is 2.10. The van der Waals surface area contributed by atoms with Crippen molar-refractivity contribution in [3.63, 3.8) is 0 Å². The molecule has 1 amide bonds. The molecule has 0 aliphatic carbocycles. The van der Waals surface area contributed by atoms with Gasteiger partial charge in [0.2, 0.25) is 5.91 Å². The number of carbonyl (C=O) groups is 1. The van der Waals surface area contributed by atoms with Crippen LogP contribution in [0.4, 0.5) is 0 Å². The summed E-state index contributed by atoms with van der Waals surface area (Å²) in [6.07, 6.45) is 1.07. The summed E-state index contributed by atoms with van der Waals surface area (Å²) >= 11 is 5.68. The summed E-state index contributed by atoms with van der Waals surface area (Å²) in [7, 11) is -3.39. The molecule has 0 bridgehead atoms. The van der Waals surface area contributed by atoms with E-state index in [9.17, 15) is 13.2 Å². The zero-order chi connectivity index (χ0) is 14.5. The Morgan fingerprint density at radius 3 is 2.37 bits per heavy atom. The minimum Gasteiger partial charge on any atom is -0.336 e. The molecule has 0 heterocycles. The van der Waals surface area contributed by atoms with Crippen LogP contribution in [0, 0.1) is 0 Å². The van der Waals surface area contributed by atoms with Gasteiger partial charge in [-0.1, -0.05) is 30.3 Å². The van der Waals surface area contributed by atoms with Crippen molar-refractivity contribution in [1.29, 1.82) is 0 Å². The van der Waals surface area contributed by atoms with Gasteiger partial charge in [-0.25, -0.2) is 8.42 Å². The van der Waals surface area contributed by atoms with Gasteiger partial charge in [0.05, 0.1) is 0 Å². The van der Waals surface area contributed by atoms with E-state index >= 15 is 0 Å². The van der Waals surface area contributed by atoms with Crippen LogP contribution >= 0.6 is 11.6 Å². The van der Waals surface area contributed by atoms with Crippen LogP contribution in [0.3, 0.4) is 0 Å². The molecular weight excluding hydrogens is 286 g/mol. The number of hydrogen-bond acceptors (Lipinski definition) is 3. The van der Waals surface area contributed by atoms with Gasteiger partial charge in [-0.15, -0.1) is 11.6 Å². The van der Waals surface area contributed by atoms with Gasteiger partial charge in [0.25, 0.3) is 0 Å². The van der Waals surface area contributed by atoms with Gasteiger partial charge < -0.3 is 4.90 Å². The molecule has 1 aromatic rings. The summed E-state index contributed by atoms with van der Waals surface area (Å²) in [5, 5.41) is -1.04. The van der Waals surface area contributed by atoms with Crippen molar-refractivity contribution >= 4 is 27.3 Å². The number of carbonyl (C=O) groups excluding carboxylic acids is 1. The van der Waals surface area contributed by atoms with Crippen LogP contribution in [-0.2, 0) is 21.2 Å². The van der Waals surface area contributed by atoms with Gasteiger partial charge in [-0.05, 0) is 12.5 Å². The summed E-state index contributed by atoms with van der Waals surface area (Å²) in [6, 6.07) is 9.41. The van der Waals surface area contributed by atoms with Crippen molar-refractivity contribution in [2.24, 2.45) is 0 Å². The van der Waals surface area contributed by atoms with Crippen LogP contribution in [0.15, 0.2) is 30.3 Å². The summed E-state index contributed by atoms with van der Waals surface area (Å²) in [4.78, 5) is 13.7. The van der Waals surface area contributed by atoms with Crippen LogP contribution in [-0.4, -0.2) is 43.2 Å². The monoisotopic (exact) mass is 303 g/mol. The number of benzene rings is 1.